The highest BCUT2D eigenvalue weighted by Gasteiger charge is 2.13. The molecule has 0 saturated carbocycles. The van der Waals surface area contributed by atoms with Gasteiger partial charge in [-0.05, 0) is 31.8 Å². The van der Waals surface area contributed by atoms with Gasteiger partial charge in [0.1, 0.15) is 5.88 Å². The molecule has 1 N–H and O–H groups in total. The van der Waals surface area contributed by atoms with Gasteiger partial charge in [-0.25, -0.2) is 0 Å². The second-order valence-electron chi connectivity index (χ2n) is 4.40. The van der Waals surface area contributed by atoms with Crippen molar-refractivity contribution in [2.24, 2.45) is 5.92 Å². The van der Waals surface area contributed by atoms with Gasteiger partial charge in [-0.3, -0.25) is 4.79 Å². The molecule has 15 heavy (non-hydrogen) atoms. The van der Waals surface area contributed by atoms with Crippen LogP contribution in [0.25, 0.3) is 0 Å². The largest absolute Gasteiger partial charge is 0.355 e. The van der Waals surface area contributed by atoms with E-state index >= 15 is 0 Å². The second-order valence-corrected chi connectivity index (χ2v) is 4.67. The third-order valence-corrected chi connectivity index (χ3v) is 3.03. The van der Waals surface area contributed by atoms with Gasteiger partial charge in [-0.2, -0.15) is 0 Å². The first kappa shape index (κ1) is 12.8. The minimum atomic E-state index is -0.0674. The van der Waals surface area contributed by atoms with Gasteiger partial charge in [0.05, 0.1) is 0 Å². The Bertz CT molecular complexity index is 193. The third kappa shape index (κ3) is 5.38. The molecule has 0 aromatic heterocycles. The van der Waals surface area contributed by atoms with Gasteiger partial charge in [0.2, 0.25) is 5.91 Å². The number of nitrogens with one attached hydrogen (secondary N) is 1. The van der Waals surface area contributed by atoms with E-state index in [0.717, 1.165) is 13.1 Å². The molecule has 1 unspecified atom stereocenters. The van der Waals surface area contributed by atoms with Gasteiger partial charge in [0.25, 0.3) is 0 Å². The minimum Gasteiger partial charge on any atom is -0.355 e. The fourth-order valence-electron chi connectivity index (χ4n) is 1.98. The Morgan fingerprint density at radius 3 is 2.67 bits per heavy atom. The van der Waals surface area contributed by atoms with E-state index in [0.29, 0.717) is 5.92 Å². The lowest BCUT2D eigenvalue weighted by atomic mass is 10.1. The van der Waals surface area contributed by atoms with E-state index in [9.17, 15) is 4.79 Å². The molecule has 1 rings (SSSR count). The number of carbonyl (C=O) groups is 1. The molecule has 0 radical (unpaired) electrons. The van der Waals surface area contributed by atoms with Gasteiger partial charge in [0, 0.05) is 13.1 Å². The van der Waals surface area contributed by atoms with Gasteiger partial charge in [0.15, 0.2) is 0 Å². The van der Waals surface area contributed by atoms with Crippen LogP contribution in [0.2, 0.25) is 0 Å². The molecule has 88 valence electrons. The quantitative estimate of drug-likeness (QED) is 0.728. The van der Waals surface area contributed by atoms with Crippen molar-refractivity contribution in [3.8, 4) is 0 Å². The Labute approximate surface area is 97.2 Å². The average Bonchev–Trinajstić information content (AvgIpc) is 2.27. The van der Waals surface area contributed by atoms with Gasteiger partial charge in [-0.1, -0.05) is 13.3 Å². The summed E-state index contributed by atoms with van der Waals surface area (Å²) >= 11 is 5.40. The van der Waals surface area contributed by atoms with Crippen LogP contribution in [0.15, 0.2) is 0 Å². The summed E-state index contributed by atoms with van der Waals surface area (Å²) in [5, 5.41) is 2.82. The number of hydrogen-bond acceptors (Lipinski definition) is 2. The summed E-state index contributed by atoms with van der Waals surface area (Å²) < 4.78 is 0. The summed E-state index contributed by atoms with van der Waals surface area (Å²) in [4.78, 5) is 13.4. The van der Waals surface area contributed by atoms with Crippen LogP contribution in [0, 0.1) is 5.92 Å². The molecule has 1 saturated heterocycles. The molecule has 1 aliphatic heterocycles. The number of rotatable bonds is 5. The summed E-state index contributed by atoms with van der Waals surface area (Å²) in [7, 11) is 0. The summed E-state index contributed by atoms with van der Waals surface area (Å²) in [5.74, 6) is 0.508. The topological polar surface area (TPSA) is 32.3 Å². The van der Waals surface area contributed by atoms with Crippen molar-refractivity contribution in [2.75, 3.05) is 32.1 Å². The molecular formula is C11H21ClN2O. The first-order chi connectivity index (χ1) is 7.22. The van der Waals surface area contributed by atoms with Crippen molar-refractivity contribution in [1.29, 1.82) is 0 Å². The number of likely N-dealkylation sites (tertiary alicyclic amines) is 1. The van der Waals surface area contributed by atoms with Crippen molar-refractivity contribution in [3.63, 3.8) is 0 Å². The lowest BCUT2D eigenvalue weighted by Gasteiger charge is -2.29. The fourth-order valence-corrected chi connectivity index (χ4v) is 2.08. The number of carbonyl (C=O) groups excluding carboxylic acids is 1. The minimum absolute atomic E-state index is 0.0659. The Morgan fingerprint density at radius 2 is 2.07 bits per heavy atom. The molecule has 1 heterocycles. The number of alkyl halides is 1. The van der Waals surface area contributed by atoms with Gasteiger partial charge >= 0.3 is 0 Å². The van der Waals surface area contributed by atoms with Crippen LogP contribution in [0.1, 0.15) is 26.2 Å². The van der Waals surface area contributed by atoms with E-state index < -0.39 is 0 Å². The van der Waals surface area contributed by atoms with Crippen molar-refractivity contribution >= 4 is 17.5 Å². The summed E-state index contributed by atoms with van der Waals surface area (Å²) in [6.07, 6.45) is 4.01. The van der Waals surface area contributed by atoms with E-state index in [1.807, 2.05) is 0 Å². The molecule has 0 aromatic carbocycles. The average molecular weight is 233 g/mol. The first-order valence-electron chi connectivity index (χ1n) is 5.77. The van der Waals surface area contributed by atoms with Gasteiger partial charge < -0.3 is 10.2 Å². The van der Waals surface area contributed by atoms with E-state index in [2.05, 4.69) is 17.1 Å². The first-order valence-corrected chi connectivity index (χ1v) is 6.31. The molecule has 0 spiro atoms. The molecule has 1 amide bonds. The standard InChI is InChI=1S/C11H21ClN2O/c1-10(8-13-11(15)7-12)9-14-5-3-2-4-6-14/h10H,2-9H2,1H3,(H,13,15). The zero-order chi connectivity index (χ0) is 11.1. The molecule has 0 aromatic rings. The zero-order valence-electron chi connectivity index (χ0n) is 9.47. The maximum Gasteiger partial charge on any atom is 0.234 e. The summed E-state index contributed by atoms with van der Waals surface area (Å²) in [5.41, 5.74) is 0. The lowest BCUT2D eigenvalue weighted by molar-refractivity contribution is -0.118. The zero-order valence-corrected chi connectivity index (χ0v) is 10.2. The Hall–Kier alpha value is -0.280. The van der Waals surface area contributed by atoms with E-state index in [1.165, 1.54) is 32.4 Å². The maximum atomic E-state index is 11.0. The smallest absolute Gasteiger partial charge is 0.234 e. The monoisotopic (exact) mass is 232 g/mol. The third-order valence-electron chi connectivity index (χ3n) is 2.79. The molecular weight excluding hydrogens is 212 g/mol. The Kier molecular flexibility index (Phi) is 6.03. The molecule has 0 bridgehead atoms. The highest BCUT2D eigenvalue weighted by atomic mass is 35.5. The number of piperidine rings is 1. The SMILES string of the molecule is CC(CNC(=O)CCl)CN1CCCCC1. The van der Waals surface area contributed by atoms with Crippen molar-refractivity contribution < 1.29 is 4.79 Å². The molecule has 1 atom stereocenters. The van der Waals surface area contributed by atoms with Crippen LogP contribution in [0.4, 0.5) is 0 Å². The Morgan fingerprint density at radius 1 is 1.40 bits per heavy atom. The molecule has 1 fully saturated rings. The predicted molar refractivity (Wildman–Crippen MR) is 63.2 cm³/mol. The van der Waals surface area contributed by atoms with Crippen LogP contribution >= 0.6 is 11.6 Å². The predicted octanol–water partition coefficient (Wildman–Crippen LogP) is 1.46. The van der Waals surface area contributed by atoms with Crippen LogP contribution < -0.4 is 5.32 Å². The molecule has 0 aliphatic carbocycles. The van der Waals surface area contributed by atoms with Crippen molar-refractivity contribution in [1.82, 2.24) is 10.2 Å². The highest BCUT2D eigenvalue weighted by molar-refractivity contribution is 6.27. The normalized spacial score (nSPS) is 19.9. The van der Waals surface area contributed by atoms with Crippen LogP contribution in [-0.4, -0.2) is 42.9 Å². The highest BCUT2D eigenvalue weighted by Crippen LogP contribution is 2.10. The second kappa shape index (κ2) is 7.07. The molecule has 3 nitrogen and oxygen atoms in total. The maximum absolute atomic E-state index is 11.0. The fraction of sp³-hybridized carbons (Fsp3) is 0.909. The number of nitrogens with zero attached hydrogens (tertiary/aromatic N) is 1. The number of halogens is 1. The van der Waals surface area contributed by atoms with Crippen LogP contribution in [-0.2, 0) is 4.79 Å². The van der Waals surface area contributed by atoms with Crippen LogP contribution in [0.5, 0.6) is 0 Å². The van der Waals surface area contributed by atoms with E-state index in [-0.39, 0.29) is 11.8 Å². The molecule has 4 heteroatoms. The van der Waals surface area contributed by atoms with E-state index in [1.54, 1.807) is 0 Å². The molecule has 1 aliphatic rings. The van der Waals surface area contributed by atoms with Crippen LogP contribution in [0.3, 0.4) is 0 Å². The summed E-state index contributed by atoms with van der Waals surface area (Å²) in [6, 6.07) is 0. The number of hydrogen-bond donors (Lipinski definition) is 1. The lowest BCUT2D eigenvalue weighted by Crippen LogP contribution is -2.38. The van der Waals surface area contributed by atoms with Gasteiger partial charge in [-0.15, -0.1) is 11.6 Å². The van der Waals surface area contributed by atoms with Crippen molar-refractivity contribution in [3.05, 3.63) is 0 Å². The van der Waals surface area contributed by atoms with Crippen molar-refractivity contribution in [2.45, 2.75) is 26.2 Å². The Balaban J connectivity index is 2.11. The summed E-state index contributed by atoms with van der Waals surface area (Å²) in [6.45, 7) is 6.43. The van der Waals surface area contributed by atoms with E-state index in [4.69, 9.17) is 11.6 Å². The number of amides is 1.